The van der Waals surface area contributed by atoms with Crippen LogP contribution in [0.2, 0.25) is 10.0 Å². The van der Waals surface area contributed by atoms with Gasteiger partial charge in [-0.1, -0.05) is 82.0 Å². The molecule has 2 aliphatic heterocycles. The van der Waals surface area contributed by atoms with Crippen LogP contribution in [-0.2, 0) is 37.2 Å². The van der Waals surface area contributed by atoms with Crippen molar-refractivity contribution in [3.63, 3.8) is 0 Å². The maximum Gasteiger partial charge on any atom is 0.254 e. The molecule has 15 heteroatoms. The average Bonchev–Trinajstić information content (AvgIpc) is 3.54. The predicted octanol–water partition coefficient (Wildman–Crippen LogP) is 6.25. The highest BCUT2D eigenvalue weighted by molar-refractivity contribution is 6.42. The van der Waals surface area contributed by atoms with E-state index < -0.39 is 12.1 Å². The minimum Gasteiger partial charge on any atom is -0.467 e. The normalized spacial score (nSPS) is 19.0. The molecule has 13 nitrogen and oxygen atoms in total. The van der Waals surface area contributed by atoms with Gasteiger partial charge in [0.05, 0.1) is 47.4 Å². The highest BCUT2D eigenvalue weighted by Gasteiger charge is 2.39. The zero-order valence-electron chi connectivity index (χ0n) is 31.0. The smallest absolute Gasteiger partial charge is 0.254 e. The molecule has 4 aromatic rings. The van der Waals surface area contributed by atoms with E-state index in [0.717, 1.165) is 29.5 Å². The Morgan fingerprint density at radius 2 is 1.48 bits per heavy atom. The van der Waals surface area contributed by atoms with Gasteiger partial charge in [-0.05, 0) is 65.9 Å². The van der Waals surface area contributed by atoms with Gasteiger partial charge in [0, 0.05) is 31.4 Å². The summed E-state index contributed by atoms with van der Waals surface area (Å²) in [6.07, 6.45) is 4.28. The molecule has 3 aliphatic rings. The van der Waals surface area contributed by atoms with E-state index in [4.69, 9.17) is 37.3 Å². The van der Waals surface area contributed by atoms with E-state index in [-0.39, 0.29) is 49.4 Å². The monoisotopic (exact) mass is 800 g/mol. The Labute approximate surface area is 334 Å². The Kier molecular flexibility index (Phi) is 13.4. The van der Waals surface area contributed by atoms with Crippen LogP contribution in [0.4, 0.5) is 0 Å². The van der Waals surface area contributed by atoms with Crippen molar-refractivity contribution < 1.29 is 33.3 Å². The Bertz CT molecular complexity index is 2070. The number of oxime groups is 2. The molecule has 292 valence electrons. The van der Waals surface area contributed by atoms with Crippen molar-refractivity contribution in [2.45, 2.75) is 63.9 Å². The van der Waals surface area contributed by atoms with Crippen molar-refractivity contribution in [1.29, 1.82) is 0 Å². The van der Waals surface area contributed by atoms with Crippen LogP contribution in [0.5, 0.6) is 0 Å². The summed E-state index contributed by atoms with van der Waals surface area (Å²) in [7, 11) is 1.45. The molecule has 3 heterocycles. The molecule has 0 radical (unpaired) electrons. The molecule has 1 aliphatic carbocycles. The van der Waals surface area contributed by atoms with Crippen molar-refractivity contribution in [2.24, 2.45) is 10.3 Å². The van der Waals surface area contributed by atoms with E-state index in [2.05, 4.69) is 20.9 Å². The summed E-state index contributed by atoms with van der Waals surface area (Å²) < 4.78 is 5.26. The zero-order chi connectivity index (χ0) is 39.6. The minimum atomic E-state index is -0.662. The van der Waals surface area contributed by atoms with E-state index >= 15 is 0 Å². The molecule has 2 N–H and O–H groups in total. The number of furan rings is 1. The molecular formula is C41H42Cl2N6O7. The van der Waals surface area contributed by atoms with Gasteiger partial charge in [-0.3, -0.25) is 19.2 Å². The summed E-state index contributed by atoms with van der Waals surface area (Å²) in [5.41, 5.74) is 4.77. The maximum absolute atomic E-state index is 13.2. The lowest BCUT2D eigenvalue weighted by molar-refractivity contribution is -0.136. The highest BCUT2D eigenvalue weighted by Crippen LogP contribution is 2.25. The van der Waals surface area contributed by atoms with Crippen LogP contribution in [0.25, 0.3) is 11.1 Å². The number of rotatable bonds is 11. The van der Waals surface area contributed by atoms with Gasteiger partial charge in [0.1, 0.15) is 31.6 Å². The number of halogens is 2. The summed E-state index contributed by atoms with van der Waals surface area (Å²) in [5.74, 6) is -0.101. The Balaban J connectivity index is 0.000000194. The predicted molar refractivity (Wildman–Crippen MR) is 212 cm³/mol. The standard InChI is InChI=1S/C24H23N3O4.C17H19Cl2N3O3/c1-30-26-20-14-22(23(28)25-15-21-8-5-13-31-21)27(16-20)24(29)19-11-9-18(10-12-19)17-6-3-2-4-7-17;1-10(23)22-8-13(7-16(22)17(24)20-12-3-4-12)21-25-9-11-2-5-14(18)15(19)6-11/h2-13,22H,14-16H2,1H3,(H,25,28);2,5-6,12,16H,3-4,7-9H2,1H3,(H,20,24)/t22-;16-/m00/s1. The zero-order valence-corrected chi connectivity index (χ0v) is 32.5. The molecule has 0 spiro atoms. The third-order valence-corrected chi connectivity index (χ3v) is 10.1. The highest BCUT2D eigenvalue weighted by atomic mass is 35.5. The number of nitrogens with one attached hydrogen (secondary N) is 2. The molecule has 2 saturated heterocycles. The Morgan fingerprint density at radius 3 is 2.12 bits per heavy atom. The van der Waals surface area contributed by atoms with Gasteiger partial charge >= 0.3 is 0 Å². The quantitative estimate of drug-likeness (QED) is 0.170. The SMILES string of the molecule is CC(=O)N1CC(=NOCc2ccc(Cl)c(Cl)c2)C[C@H]1C(=O)NC1CC1.CON=C1C[C@@H](C(=O)NCc2ccco2)N(C(=O)c2ccc(-c3ccccc3)cc2)C1. The van der Waals surface area contributed by atoms with Gasteiger partial charge in [0.15, 0.2) is 0 Å². The second-order valence-electron chi connectivity index (χ2n) is 13.6. The molecule has 3 fully saturated rings. The summed E-state index contributed by atoms with van der Waals surface area (Å²) in [6.45, 7) is 2.49. The van der Waals surface area contributed by atoms with Crippen molar-refractivity contribution >= 4 is 58.3 Å². The number of likely N-dealkylation sites (tertiary alicyclic amines) is 2. The third kappa shape index (κ3) is 10.5. The van der Waals surface area contributed by atoms with E-state index in [0.29, 0.717) is 52.2 Å². The van der Waals surface area contributed by atoms with Crippen LogP contribution in [0.3, 0.4) is 0 Å². The number of amides is 4. The maximum atomic E-state index is 13.2. The van der Waals surface area contributed by atoms with E-state index in [1.165, 1.54) is 23.8 Å². The first-order valence-corrected chi connectivity index (χ1v) is 18.9. The lowest BCUT2D eigenvalue weighted by Gasteiger charge is -2.23. The van der Waals surface area contributed by atoms with Gasteiger partial charge in [-0.2, -0.15) is 0 Å². The molecule has 0 bridgehead atoms. The van der Waals surface area contributed by atoms with Crippen molar-refractivity contribution in [1.82, 2.24) is 20.4 Å². The first kappa shape index (κ1) is 40.0. The van der Waals surface area contributed by atoms with Crippen LogP contribution >= 0.6 is 23.2 Å². The number of hydrogen-bond acceptors (Lipinski definition) is 9. The van der Waals surface area contributed by atoms with Gasteiger partial charge in [-0.25, -0.2) is 0 Å². The molecule has 1 aromatic heterocycles. The molecule has 3 aromatic carbocycles. The fourth-order valence-corrected chi connectivity index (χ4v) is 6.66. The lowest BCUT2D eigenvalue weighted by atomic mass is 10.0. The number of carbonyl (C=O) groups excluding carboxylic acids is 4. The van der Waals surface area contributed by atoms with Crippen molar-refractivity contribution in [2.75, 3.05) is 20.2 Å². The minimum absolute atomic E-state index is 0.118. The first-order chi connectivity index (χ1) is 27.1. The molecule has 1 saturated carbocycles. The Hall–Kier alpha value is -5.66. The third-order valence-electron chi connectivity index (χ3n) is 9.40. The van der Waals surface area contributed by atoms with Crippen molar-refractivity contribution in [3.8, 4) is 11.1 Å². The van der Waals surface area contributed by atoms with E-state index in [1.54, 1.807) is 48.7 Å². The van der Waals surface area contributed by atoms with Crippen LogP contribution in [0.15, 0.2) is 106 Å². The van der Waals surface area contributed by atoms with Crippen LogP contribution in [0.1, 0.15) is 54.3 Å². The fraction of sp³-hybridized carbons (Fsp3) is 0.317. The van der Waals surface area contributed by atoms with Crippen LogP contribution in [0, 0.1) is 0 Å². The number of nitrogens with zero attached hydrogens (tertiary/aromatic N) is 4. The number of benzene rings is 3. The average molecular weight is 802 g/mol. The van der Waals surface area contributed by atoms with Gasteiger partial charge in [-0.15, -0.1) is 0 Å². The molecule has 2 atom stereocenters. The second-order valence-corrected chi connectivity index (χ2v) is 14.4. The van der Waals surface area contributed by atoms with E-state index in [9.17, 15) is 19.2 Å². The topological polar surface area (TPSA) is 155 Å². The summed E-state index contributed by atoms with van der Waals surface area (Å²) in [6, 6.07) is 25.2. The summed E-state index contributed by atoms with van der Waals surface area (Å²) in [5, 5.41) is 14.8. The first-order valence-electron chi connectivity index (χ1n) is 18.1. The van der Waals surface area contributed by atoms with Gasteiger partial charge < -0.3 is 34.5 Å². The summed E-state index contributed by atoms with van der Waals surface area (Å²) in [4.78, 5) is 63.4. The molecular weight excluding hydrogens is 759 g/mol. The largest absolute Gasteiger partial charge is 0.467 e. The molecule has 7 rings (SSSR count). The fourth-order valence-electron chi connectivity index (χ4n) is 6.34. The van der Waals surface area contributed by atoms with Gasteiger partial charge in [0.2, 0.25) is 17.7 Å². The van der Waals surface area contributed by atoms with Crippen LogP contribution in [-0.4, -0.2) is 83.2 Å². The van der Waals surface area contributed by atoms with Crippen LogP contribution < -0.4 is 10.6 Å². The summed E-state index contributed by atoms with van der Waals surface area (Å²) >= 11 is 11.8. The van der Waals surface area contributed by atoms with Crippen molar-refractivity contribution in [3.05, 3.63) is 118 Å². The lowest BCUT2D eigenvalue weighted by Crippen LogP contribution is -2.45. The van der Waals surface area contributed by atoms with E-state index in [1.807, 2.05) is 42.5 Å². The molecule has 0 unspecified atom stereocenters. The van der Waals surface area contributed by atoms with Gasteiger partial charge in [0.25, 0.3) is 5.91 Å². The number of hydrogen-bond donors (Lipinski definition) is 2. The molecule has 4 amide bonds. The molecule has 56 heavy (non-hydrogen) atoms. The second kappa shape index (κ2) is 18.8. The number of carbonyl (C=O) groups is 4. The Morgan fingerprint density at radius 1 is 0.804 bits per heavy atom.